The fourth-order valence-corrected chi connectivity index (χ4v) is 2.97. The smallest absolute Gasteiger partial charge is 0.358 e. The third kappa shape index (κ3) is 3.72. The zero-order chi connectivity index (χ0) is 16.2. The topological polar surface area (TPSA) is 65.0 Å². The maximum Gasteiger partial charge on any atom is 0.358 e. The van der Waals surface area contributed by atoms with E-state index in [1.54, 1.807) is 6.92 Å². The number of benzene rings is 1. The number of halogens is 1. The van der Waals surface area contributed by atoms with Crippen LogP contribution in [0.2, 0.25) is 5.02 Å². The van der Waals surface area contributed by atoms with Crippen LogP contribution in [-0.2, 0) is 11.3 Å². The van der Waals surface area contributed by atoms with E-state index in [0.29, 0.717) is 10.7 Å². The lowest BCUT2D eigenvalue weighted by atomic mass is 10.2. The standard InChI is InChI=1S/C16H12ClN3O2S/c1-10-6-19-14(7-18-10)16(21)22-8-11-9-23-15(20-11)12-4-2-3-5-13(12)17/h2-7,9H,8H2,1H3. The molecule has 0 bridgehead atoms. The van der Waals surface area contributed by atoms with E-state index in [1.807, 2.05) is 29.6 Å². The number of thiazole rings is 1. The van der Waals surface area contributed by atoms with E-state index in [0.717, 1.165) is 16.3 Å². The molecular formula is C16H12ClN3O2S. The number of aryl methyl sites for hydroxylation is 1. The lowest BCUT2D eigenvalue weighted by Gasteiger charge is -2.02. The van der Waals surface area contributed by atoms with Gasteiger partial charge in [-0.3, -0.25) is 4.98 Å². The second-order valence-corrected chi connectivity index (χ2v) is 6.01. The first-order valence-corrected chi connectivity index (χ1v) is 8.04. The van der Waals surface area contributed by atoms with Crippen LogP contribution in [0.25, 0.3) is 10.6 Å². The van der Waals surface area contributed by atoms with Gasteiger partial charge in [-0.2, -0.15) is 0 Å². The molecule has 2 heterocycles. The van der Waals surface area contributed by atoms with Crippen molar-refractivity contribution >= 4 is 28.9 Å². The Morgan fingerprint density at radius 1 is 1.26 bits per heavy atom. The number of ether oxygens (including phenoxy) is 1. The van der Waals surface area contributed by atoms with E-state index in [-0.39, 0.29) is 12.3 Å². The summed E-state index contributed by atoms with van der Waals surface area (Å²) in [6.07, 6.45) is 2.92. The Hall–Kier alpha value is -2.31. The lowest BCUT2D eigenvalue weighted by Crippen LogP contribution is -2.08. The van der Waals surface area contributed by atoms with Crippen molar-refractivity contribution in [3.05, 3.63) is 64.1 Å². The molecule has 0 atom stereocenters. The van der Waals surface area contributed by atoms with Gasteiger partial charge in [0.05, 0.1) is 22.6 Å². The molecular weight excluding hydrogens is 334 g/mol. The monoisotopic (exact) mass is 345 g/mol. The van der Waals surface area contributed by atoms with Crippen LogP contribution < -0.4 is 0 Å². The molecule has 5 nitrogen and oxygen atoms in total. The summed E-state index contributed by atoms with van der Waals surface area (Å²) in [5.41, 5.74) is 2.45. The predicted molar refractivity (Wildman–Crippen MR) is 88.4 cm³/mol. The van der Waals surface area contributed by atoms with E-state index in [2.05, 4.69) is 15.0 Å². The molecule has 0 aliphatic rings. The van der Waals surface area contributed by atoms with Gasteiger partial charge in [-0.25, -0.2) is 14.8 Å². The van der Waals surface area contributed by atoms with Gasteiger partial charge >= 0.3 is 5.97 Å². The Morgan fingerprint density at radius 2 is 2.09 bits per heavy atom. The number of rotatable bonds is 4. The van der Waals surface area contributed by atoms with Gasteiger partial charge in [-0.05, 0) is 13.0 Å². The minimum absolute atomic E-state index is 0.0787. The van der Waals surface area contributed by atoms with Gasteiger partial charge in [-0.1, -0.05) is 29.8 Å². The normalized spacial score (nSPS) is 10.5. The van der Waals surface area contributed by atoms with Gasteiger partial charge in [0, 0.05) is 17.1 Å². The van der Waals surface area contributed by atoms with Crippen LogP contribution >= 0.6 is 22.9 Å². The van der Waals surface area contributed by atoms with E-state index < -0.39 is 5.97 Å². The molecule has 0 saturated heterocycles. The minimum Gasteiger partial charge on any atom is -0.454 e. The van der Waals surface area contributed by atoms with Gasteiger partial charge in [0.15, 0.2) is 5.69 Å². The van der Waals surface area contributed by atoms with Crippen LogP contribution in [0.5, 0.6) is 0 Å². The van der Waals surface area contributed by atoms with Crippen LogP contribution in [-0.4, -0.2) is 20.9 Å². The average Bonchev–Trinajstić information content (AvgIpc) is 3.02. The molecule has 0 N–H and O–H groups in total. The fourth-order valence-electron chi connectivity index (χ4n) is 1.84. The van der Waals surface area contributed by atoms with Gasteiger partial charge in [0.1, 0.15) is 11.6 Å². The van der Waals surface area contributed by atoms with Gasteiger partial charge in [0.25, 0.3) is 0 Å². The van der Waals surface area contributed by atoms with Crippen molar-refractivity contribution in [1.82, 2.24) is 15.0 Å². The summed E-state index contributed by atoms with van der Waals surface area (Å²) in [7, 11) is 0. The zero-order valence-electron chi connectivity index (χ0n) is 12.2. The summed E-state index contributed by atoms with van der Waals surface area (Å²) in [6, 6.07) is 7.48. The third-order valence-corrected chi connectivity index (χ3v) is 4.25. The van der Waals surface area contributed by atoms with Gasteiger partial charge in [0.2, 0.25) is 0 Å². The number of carbonyl (C=O) groups is 1. The van der Waals surface area contributed by atoms with Crippen LogP contribution in [0, 0.1) is 6.92 Å². The second kappa shape index (κ2) is 6.85. The van der Waals surface area contributed by atoms with Crippen molar-refractivity contribution in [2.24, 2.45) is 0 Å². The second-order valence-electron chi connectivity index (χ2n) is 4.74. The molecule has 0 fully saturated rings. The number of esters is 1. The van der Waals surface area contributed by atoms with Gasteiger partial charge in [-0.15, -0.1) is 11.3 Å². The molecule has 1 aromatic carbocycles. The highest BCUT2D eigenvalue weighted by Crippen LogP contribution is 2.30. The molecule has 0 unspecified atom stereocenters. The van der Waals surface area contributed by atoms with Crippen LogP contribution in [0.15, 0.2) is 42.0 Å². The first kappa shape index (κ1) is 15.6. The van der Waals surface area contributed by atoms with Crippen molar-refractivity contribution in [2.75, 3.05) is 0 Å². The lowest BCUT2D eigenvalue weighted by molar-refractivity contribution is 0.0461. The summed E-state index contributed by atoms with van der Waals surface area (Å²) in [5, 5.41) is 3.27. The van der Waals surface area contributed by atoms with E-state index in [9.17, 15) is 4.79 Å². The number of nitrogens with zero attached hydrogens (tertiary/aromatic N) is 3. The Balaban J connectivity index is 1.67. The number of hydrogen-bond donors (Lipinski definition) is 0. The molecule has 0 radical (unpaired) electrons. The van der Waals surface area contributed by atoms with Crippen molar-refractivity contribution in [3.8, 4) is 10.6 Å². The zero-order valence-corrected chi connectivity index (χ0v) is 13.8. The third-order valence-electron chi connectivity index (χ3n) is 3.00. The molecule has 3 rings (SSSR count). The fraction of sp³-hybridized carbons (Fsp3) is 0.125. The Bertz CT molecular complexity index is 833. The predicted octanol–water partition coefficient (Wildman–Crippen LogP) is 3.92. The van der Waals surface area contributed by atoms with Crippen molar-refractivity contribution in [2.45, 2.75) is 13.5 Å². The molecule has 0 aliphatic heterocycles. The average molecular weight is 346 g/mol. The Morgan fingerprint density at radius 3 is 2.83 bits per heavy atom. The highest BCUT2D eigenvalue weighted by atomic mass is 35.5. The molecule has 0 spiro atoms. The molecule has 2 aromatic heterocycles. The number of aromatic nitrogens is 3. The molecule has 0 amide bonds. The number of hydrogen-bond acceptors (Lipinski definition) is 6. The Labute approximate surface area is 142 Å². The van der Waals surface area contributed by atoms with Crippen LogP contribution in [0.1, 0.15) is 21.9 Å². The number of carbonyl (C=O) groups excluding carboxylic acids is 1. The highest BCUT2D eigenvalue weighted by Gasteiger charge is 2.12. The molecule has 23 heavy (non-hydrogen) atoms. The molecule has 7 heteroatoms. The maximum absolute atomic E-state index is 11.9. The van der Waals surface area contributed by atoms with Gasteiger partial charge < -0.3 is 4.74 Å². The summed E-state index contributed by atoms with van der Waals surface area (Å²) in [5.74, 6) is -0.523. The van der Waals surface area contributed by atoms with E-state index in [1.165, 1.54) is 23.7 Å². The minimum atomic E-state index is -0.523. The summed E-state index contributed by atoms with van der Waals surface area (Å²) < 4.78 is 5.20. The maximum atomic E-state index is 11.9. The van der Waals surface area contributed by atoms with E-state index >= 15 is 0 Å². The molecule has 0 saturated carbocycles. The molecule has 116 valence electrons. The largest absolute Gasteiger partial charge is 0.454 e. The van der Waals surface area contributed by atoms with Crippen molar-refractivity contribution in [3.63, 3.8) is 0 Å². The van der Waals surface area contributed by atoms with E-state index in [4.69, 9.17) is 16.3 Å². The first-order chi connectivity index (χ1) is 11.1. The van der Waals surface area contributed by atoms with Crippen LogP contribution in [0.3, 0.4) is 0 Å². The highest BCUT2D eigenvalue weighted by molar-refractivity contribution is 7.13. The van der Waals surface area contributed by atoms with Crippen molar-refractivity contribution in [1.29, 1.82) is 0 Å². The summed E-state index contributed by atoms with van der Waals surface area (Å²) in [4.78, 5) is 24.3. The SMILES string of the molecule is Cc1cnc(C(=O)OCc2csc(-c3ccccc3Cl)n2)cn1. The molecule has 3 aromatic rings. The molecule has 0 aliphatic carbocycles. The van der Waals surface area contributed by atoms with Crippen LogP contribution in [0.4, 0.5) is 0 Å². The quantitative estimate of drug-likeness (QED) is 0.670. The first-order valence-electron chi connectivity index (χ1n) is 6.78. The van der Waals surface area contributed by atoms with Crippen molar-refractivity contribution < 1.29 is 9.53 Å². The summed E-state index contributed by atoms with van der Waals surface area (Å²) in [6.45, 7) is 1.88. The summed E-state index contributed by atoms with van der Waals surface area (Å²) >= 11 is 7.61. The Kier molecular flexibility index (Phi) is 4.64.